The maximum atomic E-state index is 13.0. The molecule has 138 valence electrons. The van der Waals surface area contributed by atoms with E-state index < -0.39 is 0 Å². The van der Waals surface area contributed by atoms with Crippen LogP contribution in [0.3, 0.4) is 0 Å². The first-order valence-electron chi connectivity index (χ1n) is 9.18. The van der Waals surface area contributed by atoms with Crippen molar-refractivity contribution in [3.8, 4) is 0 Å². The Balaban J connectivity index is 2.18. The normalized spacial score (nSPS) is 23.3. The average Bonchev–Trinajstić information content (AvgIpc) is 2.60. The fraction of sp³-hybridized carbons (Fsp3) is 0.600. The quantitative estimate of drug-likeness (QED) is 0.467. The topological polar surface area (TPSA) is 65.0 Å². The Labute approximate surface area is 156 Å². The molecule has 0 radical (unpaired) electrons. The number of benzene rings is 1. The van der Waals surface area contributed by atoms with Crippen LogP contribution in [0.5, 0.6) is 0 Å². The second-order valence-corrected chi connectivity index (χ2v) is 8.30. The van der Waals surface area contributed by atoms with Gasteiger partial charge in [0.05, 0.1) is 11.4 Å². The van der Waals surface area contributed by atoms with Crippen molar-refractivity contribution in [2.45, 2.75) is 44.9 Å². The van der Waals surface area contributed by atoms with E-state index >= 15 is 0 Å². The molecule has 0 bridgehead atoms. The molecule has 3 atom stereocenters. The number of carbonyl (C=O) groups is 1. The van der Waals surface area contributed by atoms with Crippen LogP contribution in [-0.4, -0.2) is 24.9 Å². The first-order valence-corrected chi connectivity index (χ1v) is 10.4. The number of hydrogen-bond donors (Lipinski definition) is 3. The molecule has 1 aliphatic rings. The summed E-state index contributed by atoms with van der Waals surface area (Å²) in [7, 11) is 0. The highest BCUT2D eigenvalue weighted by Crippen LogP contribution is 2.39. The Morgan fingerprint density at radius 2 is 2.12 bits per heavy atom. The van der Waals surface area contributed by atoms with Crippen LogP contribution in [0.4, 0.5) is 11.4 Å². The van der Waals surface area contributed by atoms with Gasteiger partial charge in [0.25, 0.3) is 0 Å². The summed E-state index contributed by atoms with van der Waals surface area (Å²) >= 11 is 1.67. The van der Waals surface area contributed by atoms with Crippen molar-refractivity contribution < 1.29 is 4.79 Å². The molecule has 0 aromatic heterocycles. The van der Waals surface area contributed by atoms with E-state index in [0.29, 0.717) is 24.3 Å². The minimum Gasteiger partial charge on any atom is -0.378 e. The van der Waals surface area contributed by atoms with Gasteiger partial charge in [-0.15, -0.1) is 11.8 Å². The van der Waals surface area contributed by atoms with E-state index in [2.05, 4.69) is 31.4 Å². The smallest absolute Gasteiger partial charge is 0.227 e. The van der Waals surface area contributed by atoms with Gasteiger partial charge < -0.3 is 16.0 Å². The first-order chi connectivity index (χ1) is 12.0. The van der Waals surface area contributed by atoms with E-state index in [4.69, 9.17) is 5.41 Å². The molecule has 1 aromatic rings. The maximum Gasteiger partial charge on any atom is 0.227 e. The van der Waals surface area contributed by atoms with Crippen molar-refractivity contribution in [1.29, 1.82) is 5.41 Å². The van der Waals surface area contributed by atoms with Crippen LogP contribution in [0.15, 0.2) is 23.1 Å². The zero-order chi connectivity index (χ0) is 18.4. The molecule has 5 heteroatoms. The number of amides is 1. The Bertz CT molecular complexity index is 603. The van der Waals surface area contributed by atoms with Gasteiger partial charge in [0.2, 0.25) is 5.91 Å². The van der Waals surface area contributed by atoms with Gasteiger partial charge >= 0.3 is 0 Å². The minimum atomic E-state index is 0.0829. The fourth-order valence-corrected chi connectivity index (χ4v) is 4.24. The third kappa shape index (κ3) is 5.24. The van der Waals surface area contributed by atoms with Gasteiger partial charge in [-0.25, -0.2) is 0 Å². The van der Waals surface area contributed by atoms with Crippen molar-refractivity contribution in [3.05, 3.63) is 18.2 Å². The van der Waals surface area contributed by atoms with Crippen LogP contribution in [0.1, 0.15) is 40.0 Å². The molecular formula is C20H31N3OS. The number of carbonyl (C=O) groups excluding carboxylic acids is 1. The van der Waals surface area contributed by atoms with E-state index in [-0.39, 0.29) is 11.8 Å². The molecule has 1 amide bonds. The van der Waals surface area contributed by atoms with E-state index in [9.17, 15) is 4.79 Å². The summed E-state index contributed by atoms with van der Waals surface area (Å²) in [6.07, 6.45) is 6.70. The summed E-state index contributed by atoms with van der Waals surface area (Å²) in [4.78, 5) is 14.2. The predicted octanol–water partition coefficient (Wildman–Crippen LogP) is 5.12. The number of rotatable bonds is 7. The number of nitrogens with one attached hydrogen (secondary N) is 3. The highest BCUT2D eigenvalue weighted by Gasteiger charge is 2.35. The van der Waals surface area contributed by atoms with E-state index in [1.54, 1.807) is 11.8 Å². The number of thioether (sulfide) groups is 1. The van der Waals surface area contributed by atoms with Gasteiger partial charge in [0.1, 0.15) is 0 Å². The molecule has 0 saturated heterocycles. The van der Waals surface area contributed by atoms with Crippen molar-refractivity contribution in [3.63, 3.8) is 0 Å². The molecule has 3 N–H and O–H groups in total. The SMILES string of the molecule is CSc1ccc(NC(=O)[C@@H]2C[C@H](C)CC[C@H]2C(C)C)c(NCC=N)c1. The summed E-state index contributed by atoms with van der Waals surface area (Å²) in [6, 6.07) is 6.03. The Kier molecular flexibility index (Phi) is 7.36. The molecule has 0 unspecified atom stereocenters. The number of anilines is 2. The fourth-order valence-electron chi connectivity index (χ4n) is 3.80. The molecule has 2 rings (SSSR count). The third-order valence-corrected chi connectivity index (χ3v) is 5.96. The summed E-state index contributed by atoms with van der Waals surface area (Å²) in [5.41, 5.74) is 1.69. The van der Waals surface area contributed by atoms with Gasteiger partial charge in [0.15, 0.2) is 0 Å². The zero-order valence-electron chi connectivity index (χ0n) is 15.8. The monoisotopic (exact) mass is 361 g/mol. The molecule has 1 aliphatic carbocycles. The van der Waals surface area contributed by atoms with Crippen molar-refractivity contribution >= 4 is 35.3 Å². The Morgan fingerprint density at radius 1 is 1.36 bits per heavy atom. The molecular weight excluding hydrogens is 330 g/mol. The van der Waals surface area contributed by atoms with Gasteiger partial charge in [0, 0.05) is 23.6 Å². The predicted molar refractivity (Wildman–Crippen MR) is 109 cm³/mol. The molecule has 0 heterocycles. The van der Waals surface area contributed by atoms with Crippen LogP contribution in [0, 0.1) is 29.1 Å². The van der Waals surface area contributed by atoms with Crippen LogP contribution in [0.2, 0.25) is 0 Å². The Morgan fingerprint density at radius 3 is 2.76 bits per heavy atom. The van der Waals surface area contributed by atoms with Gasteiger partial charge in [-0.1, -0.05) is 27.2 Å². The molecule has 0 aliphatic heterocycles. The largest absolute Gasteiger partial charge is 0.378 e. The van der Waals surface area contributed by atoms with Crippen LogP contribution < -0.4 is 10.6 Å². The molecule has 25 heavy (non-hydrogen) atoms. The highest BCUT2D eigenvalue weighted by molar-refractivity contribution is 7.98. The van der Waals surface area contributed by atoms with Crippen molar-refractivity contribution in [1.82, 2.24) is 0 Å². The standard InChI is InChI=1S/C20H31N3OS/c1-13(2)16-7-5-14(3)11-17(16)20(24)23-18-8-6-15(25-4)12-19(18)22-10-9-21/h6,8-9,12-14,16-17,21-22H,5,7,10-11H2,1-4H3,(H,23,24)/t14-,16+,17-/m1/s1. The molecule has 0 spiro atoms. The zero-order valence-corrected chi connectivity index (χ0v) is 16.6. The van der Waals surface area contributed by atoms with Gasteiger partial charge in [-0.05, 0) is 55.1 Å². The van der Waals surface area contributed by atoms with Crippen LogP contribution in [0.25, 0.3) is 0 Å². The summed E-state index contributed by atoms with van der Waals surface area (Å²) < 4.78 is 0. The van der Waals surface area contributed by atoms with Crippen LogP contribution >= 0.6 is 11.8 Å². The lowest BCUT2D eigenvalue weighted by Gasteiger charge is -2.36. The lowest BCUT2D eigenvalue weighted by atomic mass is 9.70. The number of hydrogen-bond acceptors (Lipinski definition) is 4. The lowest BCUT2D eigenvalue weighted by molar-refractivity contribution is -0.123. The summed E-state index contributed by atoms with van der Waals surface area (Å²) in [6.45, 7) is 7.16. The van der Waals surface area contributed by atoms with Gasteiger partial charge in [-0.2, -0.15) is 0 Å². The highest BCUT2D eigenvalue weighted by atomic mass is 32.2. The second kappa shape index (κ2) is 9.27. The minimum absolute atomic E-state index is 0.0829. The average molecular weight is 362 g/mol. The molecule has 1 saturated carbocycles. The van der Waals surface area contributed by atoms with Crippen molar-refractivity contribution in [2.24, 2.45) is 23.7 Å². The molecule has 4 nitrogen and oxygen atoms in total. The summed E-state index contributed by atoms with van der Waals surface area (Å²) in [5, 5.41) is 13.6. The second-order valence-electron chi connectivity index (χ2n) is 7.42. The Hall–Kier alpha value is -1.49. The van der Waals surface area contributed by atoms with E-state index in [1.165, 1.54) is 12.6 Å². The lowest BCUT2D eigenvalue weighted by Crippen LogP contribution is -2.36. The first kappa shape index (κ1) is 19.8. The van der Waals surface area contributed by atoms with Gasteiger partial charge in [-0.3, -0.25) is 4.79 Å². The summed E-state index contributed by atoms with van der Waals surface area (Å²) in [5.74, 6) is 1.82. The third-order valence-electron chi connectivity index (χ3n) is 5.24. The van der Waals surface area contributed by atoms with E-state index in [0.717, 1.165) is 29.1 Å². The maximum absolute atomic E-state index is 13.0. The van der Waals surface area contributed by atoms with Crippen molar-refractivity contribution in [2.75, 3.05) is 23.4 Å². The van der Waals surface area contributed by atoms with Crippen LogP contribution in [-0.2, 0) is 4.79 Å². The molecule has 1 aromatic carbocycles. The molecule has 1 fully saturated rings. The van der Waals surface area contributed by atoms with E-state index in [1.807, 2.05) is 24.5 Å².